The van der Waals surface area contributed by atoms with Gasteiger partial charge in [0.05, 0.1) is 23.4 Å². The first-order valence-corrected chi connectivity index (χ1v) is 7.06. The second-order valence-electron chi connectivity index (χ2n) is 5.18. The minimum Gasteiger partial charge on any atom is -0.399 e. The number of ether oxygens (including phenoxy) is 1. The Morgan fingerprint density at radius 3 is 2.90 bits per heavy atom. The Hall–Kier alpha value is -1.75. The van der Waals surface area contributed by atoms with Gasteiger partial charge in [0.25, 0.3) is 5.91 Å². The predicted octanol–water partition coefficient (Wildman–Crippen LogP) is 1.63. The molecule has 0 spiro atoms. The maximum absolute atomic E-state index is 12.2. The first-order chi connectivity index (χ1) is 9.54. The molecule has 0 aromatic heterocycles. The molecule has 1 saturated heterocycles. The highest BCUT2D eigenvalue weighted by atomic mass is 16.5. The maximum atomic E-state index is 12.2. The van der Waals surface area contributed by atoms with Gasteiger partial charge >= 0.3 is 0 Å². The fraction of sp³-hybridized carbons (Fsp3) is 0.533. The number of hydrogen-bond acceptors (Lipinski definition) is 4. The molecule has 0 bridgehead atoms. The Morgan fingerprint density at radius 2 is 2.30 bits per heavy atom. The van der Waals surface area contributed by atoms with Gasteiger partial charge in [-0.25, -0.2) is 0 Å². The number of likely N-dealkylation sites (N-methyl/N-ethyl adjacent to an activating group) is 1. The van der Waals surface area contributed by atoms with Gasteiger partial charge in [-0.3, -0.25) is 4.79 Å². The Balaban J connectivity index is 2.33. The first-order valence-electron chi connectivity index (χ1n) is 7.06. The van der Waals surface area contributed by atoms with Crippen LogP contribution in [0.3, 0.4) is 0 Å². The van der Waals surface area contributed by atoms with E-state index >= 15 is 0 Å². The Kier molecular flexibility index (Phi) is 4.49. The van der Waals surface area contributed by atoms with Crippen molar-refractivity contribution >= 4 is 17.3 Å². The molecule has 3 N–H and O–H groups in total. The number of hydrogen-bond donors (Lipinski definition) is 2. The molecule has 110 valence electrons. The summed E-state index contributed by atoms with van der Waals surface area (Å²) in [6.45, 7) is 5.34. The fourth-order valence-electron chi connectivity index (χ4n) is 2.70. The lowest BCUT2D eigenvalue weighted by Gasteiger charge is -2.30. The molecule has 1 aromatic carbocycles. The van der Waals surface area contributed by atoms with Crippen LogP contribution >= 0.6 is 0 Å². The molecule has 2 unspecified atom stereocenters. The number of nitrogen functional groups attached to an aromatic ring is 1. The molecule has 5 heteroatoms. The lowest BCUT2D eigenvalue weighted by molar-refractivity contribution is 0.0955. The monoisotopic (exact) mass is 277 g/mol. The second-order valence-corrected chi connectivity index (χ2v) is 5.18. The lowest BCUT2D eigenvalue weighted by Crippen LogP contribution is -2.38. The van der Waals surface area contributed by atoms with Crippen molar-refractivity contribution in [3.05, 3.63) is 23.8 Å². The van der Waals surface area contributed by atoms with Crippen molar-refractivity contribution in [3.63, 3.8) is 0 Å². The molecular weight excluding hydrogens is 254 g/mol. The zero-order valence-corrected chi connectivity index (χ0v) is 12.3. The molecule has 0 radical (unpaired) electrons. The number of nitrogens with one attached hydrogen (secondary N) is 1. The molecule has 2 rings (SSSR count). The number of carbonyl (C=O) groups is 1. The van der Waals surface area contributed by atoms with Crippen LogP contribution in [0, 0.1) is 0 Å². The van der Waals surface area contributed by atoms with Gasteiger partial charge in [-0.1, -0.05) is 0 Å². The lowest BCUT2D eigenvalue weighted by atomic mass is 10.1. The summed E-state index contributed by atoms with van der Waals surface area (Å²) in [7, 11) is 1.99. The van der Waals surface area contributed by atoms with E-state index in [1.165, 1.54) is 0 Å². The third-order valence-electron chi connectivity index (χ3n) is 3.82. The van der Waals surface area contributed by atoms with Crippen molar-refractivity contribution in [1.82, 2.24) is 5.32 Å². The van der Waals surface area contributed by atoms with Crippen LogP contribution in [0.15, 0.2) is 18.2 Å². The van der Waals surface area contributed by atoms with Gasteiger partial charge in [0.2, 0.25) is 0 Å². The molecule has 1 fully saturated rings. The summed E-state index contributed by atoms with van der Waals surface area (Å²) in [5.41, 5.74) is 8.06. The number of nitrogens with zero attached hydrogens (tertiary/aromatic N) is 1. The van der Waals surface area contributed by atoms with Gasteiger partial charge in [-0.15, -0.1) is 0 Å². The molecule has 20 heavy (non-hydrogen) atoms. The summed E-state index contributed by atoms with van der Waals surface area (Å²) in [5, 5.41) is 2.84. The standard InChI is InChI=1S/C15H23N3O2/c1-4-17-15(19)12-6-5-11(16)9-14(12)18(3)13-7-8-20-10(13)2/h5-6,9-10,13H,4,7-8,16H2,1-3H3,(H,17,19). The van der Waals surface area contributed by atoms with E-state index in [1.807, 2.05) is 20.0 Å². The quantitative estimate of drug-likeness (QED) is 0.821. The molecule has 1 aromatic rings. The van der Waals surface area contributed by atoms with Gasteiger partial charge < -0.3 is 20.7 Å². The van der Waals surface area contributed by atoms with Crippen LogP contribution in [-0.4, -0.2) is 38.3 Å². The highest BCUT2D eigenvalue weighted by Gasteiger charge is 2.29. The van der Waals surface area contributed by atoms with Crippen LogP contribution in [0.2, 0.25) is 0 Å². The van der Waals surface area contributed by atoms with E-state index < -0.39 is 0 Å². The van der Waals surface area contributed by atoms with Crippen LogP contribution in [0.4, 0.5) is 11.4 Å². The summed E-state index contributed by atoms with van der Waals surface area (Å²) >= 11 is 0. The molecule has 1 aliphatic rings. The number of amides is 1. The predicted molar refractivity (Wildman–Crippen MR) is 81.1 cm³/mol. The van der Waals surface area contributed by atoms with E-state index in [-0.39, 0.29) is 18.1 Å². The highest BCUT2D eigenvalue weighted by molar-refractivity contribution is 6.00. The van der Waals surface area contributed by atoms with Gasteiger partial charge in [-0.2, -0.15) is 0 Å². The third kappa shape index (κ3) is 2.88. The van der Waals surface area contributed by atoms with E-state index in [2.05, 4.69) is 17.1 Å². The number of anilines is 2. The summed E-state index contributed by atoms with van der Waals surface area (Å²) in [4.78, 5) is 14.3. The minimum absolute atomic E-state index is 0.0686. The van der Waals surface area contributed by atoms with Crippen LogP contribution in [0.1, 0.15) is 30.6 Å². The molecule has 0 saturated carbocycles. The Labute approximate surface area is 120 Å². The summed E-state index contributed by atoms with van der Waals surface area (Å²) in [5.74, 6) is -0.0686. The van der Waals surface area contributed by atoms with Gasteiger partial charge in [0.15, 0.2) is 0 Å². The molecule has 0 aliphatic carbocycles. The maximum Gasteiger partial charge on any atom is 0.253 e. The molecule has 1 heterocycles. The fourth-order valence-corrected chi connectivity index (χ4v) is 2.70. The van der Waals surface area contributed by atoms with Crippen molar-refractivity contribution in [2.24, 2.45) is 0 Å². The van der Waals surface area contributed by atoms with Crippen LogP contribution < -0.4 is 16.0 Å². The van der Waals surface area contributed by atoms with Crippen molar-refractivity contribution in [2.75, 3.05) is 30.8 Å². The largest absolute Gasteiger partial charge is 0.399 e. The average Bonchev–Trinajstić information content (AvgIpc) is 2.84. The van der Waals surface area contributed by atoms with E-state index in [0.29, 0.717) is 17.8 Å². The first kappa shape index (κ1) is 14.7. The zero-order chi connectivity index (χ0) is 14.7. The molecule has 1 aliphatic heterocycles. The minimum atomic E-state index is -0.0686. The number of rotatable bonds is 4. The van der Waals surface area contributed by atoms with Gasteiger partial charge in [0, 0.05) is 25.9 Å². The van der Waals surface area contributed by atoms with Crippen molar-refractivity contribution in [3.8, 4) is 0 Å². The van der Waals surface area contributed by atoms with E-state index in [9.17, 15) is 4.79 Å². The Morgan fingerprint density at radius 1 is 1.55 bits per heavy atom. The van der Waals surface area contributed by atoms with Crippen molar-refractivity contribution in [1.29, 1.82) is 0 Å². The number of benzene rings is 1. The van der Waals surface area contributed by atoms with E-state index in [1.54, 1.807) is 12.1 Å². The third-order valence-corrected chi connectivity index (χ3v) is 3.82. The van der Waals surface area contributed by atoms with Gasteiger partial charge in [-0.05, 0) is 38.5 Å². The molecule has 5 nitrogen and oxygen atoms in total. The van der Waals surface area contributed by atoms with Crippen LogP contribution in [-0.2, 0) is 4.74 Å². The van der Waals surface area contributed by atoms with E-state index in [4.69, 9.17) is 10.5 Å². The van der Waals surface area contributed by atoms with Crippen LogP contribution in [0.25, 0.3) is 0 Å². The number of nitrogens with two attached hydrogens (primary N) is 1. The zero-order valence-electron chi connectivity index (χ0n) is 12.3. The summed E-state index contributed by atoms with van der Waals surface area (Å²) in [6.07, 6.45) is 1.12. The van der Waals surface area contributed by atoms with E-state index in [0.717, 1.165) is 18.7 Å². The molecule has 1 amide bonds. The molecular formula is C15H23N3O2. The summed E-state index contributed by atoms with van der Waals surface area (Å²) < 4.78 is 5.61. The summed E-state index contributed by atoms with van der Waals surface area (Å²) in [6, 6.07) is 5.67. The normalized spacial score (nSPS) is 21.8. The smallest absolute Gasteiger partial charge is 0.253 e. The topological polar surface area (TPSA) is 67.6 Å². The second kappa shape index (κ2) is 6.13. The van der Waals surface area contributed by atoms with Crippen molar-refractivity contribution < 1.29 is 9.53 Å². The number of carbonyl (C=O) groups excluding carboxylic acids is 1. The molecule has 2 atom stereocenters. The van der Waals surface area contributed by atoms with Crippen molar-refractivity contribution in [2.45, 2.75) is 32.4 Å². The SMILES string of the molecule is CCNC(=O)c1ccc(N)cc1N(C)C1CCOC1C. The highest BCUT2D eigenvalue weighted by Crippen LogP contribution is 2.29. The average molecular weight is 277 g/mol. The van der Waals surface area contributed by atoms with Gasteiger partial charge in [0.1, 0.15) is 0 Å². The van der Waals surface area contributed by atoms with Crippen LogP contribution in [0.5, 0.6) is 0 Å². The Bertz CT molecular complexity index is 490.